The minimum absolute atomic E-state index is 0.510. The van der Waals surface area contributed by atoms with Gasteiger partial charge in [0, 0.05) is 19.2 Å². The highest BCUT2D eigenvalue weighted by Gasteiger charge is 2.10. The molecule has 0 aromatic carbocycles. The fraction of sp³-hybridized carbons (Fsp3) is 0.864. The summed E-state index contributed by atoms with van der Waals surface area (Å²) < 4.78 is 0. The van der Waals surface area contributed by atoms with E-state index in [-0.39, 0.29) is 0 Å². The largest absolute Gasteiger partial charge is 0.511 e. The van der Waals surface area contributed by atoms with Gasteiger partial charge in [-0.2, -0.15) is 0 Å². The highest BCUT2D eigenvalue weighted by Crippen LogP contribution is 2.15. The lowest BCUT2D eigenvalue weighted by Gasteiger charge is -2.13. The van der Waals surface area contributed by atoms with Gasteiger partial charge < -0.3 is 10.0 Å². The van der Waals surface area contributed by atoms with Crippen molar-refractivity contribution in [3.8, 4) is 0 Å². The number of hydrogen-bond donors (Lipinski definition) is 1. The van der Waals surface area contributed by atoms with E-state index in [0.717, 1.165) is 31.8 Å². The van der Waals surface area contributed by atoms with E-state index in [1.807, 2.05) is 13.1 Å². The lowest BCUT2D eigenvalue weighted by Crippen LogP contribution is -2.19. The first-order chi connectivity index (χ1) is 12.2. The molecule has 3 nitrogen and oxygen atoms in total. The predicted octanol–water partition coefficient (Wildman–Crippen LogP) is 6.99. The van der Waals surface area contributed by atoms with Gasteiger partial charge in [-0.3, -0.25) is 4.99 Å². The molecule has 0 bridgehead atoms. The van der Waals surface area contributed by atoms with Crippen LogP contribution in [0.5, 0.6) is 0 Å². The standard InChI is InChI=1S/C22H42N2O/c1-3-4-5-6-7-8-9-10-11-12-13-14-15-16-17-22(25)20-24-19-18-23-21(24)2/h20,25H,3-19H2,1-2H3. The molecule has 0 saturated heterocycles. The first kappa shape index (κ1) is 22.1. The van der Waals surface area contributed by atoms with Crippen LogP contribution >= 0.6 is 0 Å². The van der Waals surface area contributed by atoms with Crippen LogP contribution in [0.25, 0.3) is 0 Å². The topological polar surface area (TPSA) is 35.8 Å². The zero-order chi connectivity index (χ0) is 18.2. The van der Waals surface area contributed by atoms with Crippen LogP contribution in [0.15, 0.2) is 17.0 Å². The highest BCUT2D eigenvalue weighted by atomic mass is 16.3. The maximum atomic E-state index is 9.98. The van der Waals surface area contributed by atoms with Crippen molar-refractivity contribution < 1.29 is 5.11 Å². The van der Waals surface area contributed by atoms with Crippen LogP contribution in [0.1, 0.15) is 110 Å². The molecule has 1 N–H and O–H groups in total. The quantitative estimate of drug-likeness (QED) is 0.240. The van der Waals surface area contributed by atoms with Crippen LogP contribution in [0.3, 0.4) is 0 Å². The van der Waals surface area contributed by atoms with Crippen LogP contribution in [0.4, 0.5) is 0 Å². The first-order valence-electron chi connectivity index (χ1n) is 10.9. The van der Waals surface area contributed by atoms with Crippen molar-refractivity contribution >= 4 is 5.84 Å². The first-order valence-corrected chi connectivity index (χ1v) is 10.9. The highest BCUT2D eigenvalue weighted by molar-refractivity contribution is 5.82. The third-order valence-corrected chi connectivity index (χ3v) is 5.19. The molecular formula is C22H42N2O. The minimum Gasteiger partial charge on any atom is -0.511 e. The lowest BCUT2D eigenvalue weighted by atomic mass is 10.0. The van der Waals surface area contributed by atoms with Gasteiger partial charge >= 0.3 is 0 Å². The van der Waals surface area contributed by atoms with Crippen LogP contribution in [0, 0.1) is 0 Å². The summed E-state index contributed by atoms with van der Waals surface area (Å²) >= 11 is 0. The molecule has 0 aromatic rings. The molecule has 0 atom stereocenters. The SMILES string of the molecule is CCCCCCCCCCCCCCCCC(O)=CN1CCN=C1C. The Morgan fingerprint density at radius 2 is 1.36 bits per heavy atom. The molecule has 0 fully saturated rings. The zero-order valence-corrected chi connectivity index (χ0v) is 16.9. The van der Waals surface area contributed by atoms with Gasteiger partial charge in [0.05, 0.1) is 12.4 Å². The molecule has 0 amide bonds. The Hall–Kier alpha value is -0.990. The molecule has 3 heteroatoms. The van der Waals surface area contributed by atoms with Gasteiger partial charge in [-0.05, 0) is 13.3 Å². The average Bonchev–Trinajstić information content (AvgIpc) is 3.00. The van der Waals surface area contributed by atoms with Crippen molar-refractivity contribution in [2.24, 2.45) is 4.99 Å². The van der Waals surface area contributed by atoms with Crippen molar-refractivity contribution in [1.82, 2.24) is 4.90 Å². The lowest BCUT2D eigenvalue weighted by molar-refractivity contribution is 0.365. The van der Waals surface area contributed by atoms with Gasteiger partial charge in [-0.1, -0.05) is 90.4 Å². The van der Waals surface area contributed by atoms with Gasteiger partial charge in [0.15, 0.2) is 0 Å². The van der Waals surface area contributed by atoms with E-state index in [2.05, 4.69) is 16.8 Å². The Morgan fingerprint density at radius 1 is 0.880 bits per heavy atom. The molecule has 0 spiro atoms. The Balaban J connectivity index is 1.81. The summed E-state index contributed by atoms with van der Waals surface area (Å²) in [6, 6.07) is 0. The molecule has 25 heavy (non-hydrogen) atoms. The summed E-state index contributed by atoms with van der Waals surface area (Å²) in [4.78, 5) is 6.39. The third kappa shape index (κ3) is 12.1. The van der Waals surface area contributed by atoms with Gasteiger partial charge in [0.2, 0.25) is 0 Å². The van der Waals surface area contributed by atoms with Crippen molar-refractivity contribution in [2.45, 2.75) is 110 Å². The molecule has 0 aromatic heterocycles. The van der Waals surface area contributed by atoms with E-state index >= 15 is 0 Å². The number of hydrogen-bond acceptors (Lipinski definition) is 3. The molecule has 0 saturated carbocycles. The second kappa shape index (κ2) is 15.3. The molecule has 0 unspecified atom stereocenters. The predicted molar refractivity (Wildman–Crippen MR) is 110 cm³/mol. The number of aliphatic hydroxyl groups excluding tert-OH is 1. The molecule has 1 rings (SSSR count). The number of aliphatic hydroxyl groups is 1. The fourth-order valence-electron chi connectivity index (χ4n) is 3.48. The average molecular weight is 351 g/mol. The number of unbranched alkanes of at least 4 members (excludes halogenated alkanes) is 13. The van der Waals surface area contributed by atoms with Crippen LogP contribution < -0.4 is 0 Å². The van der Waals surface area contributed by atoms with Crippen LogP contribution in [0.2, 0.25) is 0 Å². The zero-order valence-electron chi connectivity index (χ0n) is 16.9. The molecule has 1 heterocycles. The molecule has 146 valence electrons. The second-order valence-electron chi connectivity index (χ2n) is 7.59. The summed E-state index contributed by atoms with van der Waals surface area (Å²) in [5.41, 5.74) is 0. The van der Waals surface area contributed by atoms with E-state index in [4.69, 9.17) is 0 Å². The van der Waals surface area contributed by atoms with Gasteiger partial charge in [0.1, 0.15) is 5.76 Å². The number of amidine groups is 1. The molecule has 0 aliphatic carbocycles. The van der Waals surface area contributed by atoms with E-state index in [0.29, 0.717) is 5.76 Å². The van der Waals surface area contributed by atoms with Gasteiger partial charge in [-0.25, -0.2) is 0 Å². The number of aliphatic imine (C=N–C) groups is 1. The van der Waals surface area contributed by atoms with Gasteiger partial charge in [0.25, 0.3) is 0 Å². The number of nitrogens with zero attached hydrogens (tertiary/aromatic N) is 2. The van der Waals surface area contributed by atoms with E-state index < -0.39 is 0 Å². The Morgan fingerprint density at radius 3 is 1.80 bits per heavy atom. The molecular weight excluding hydrogens is 308 g/mol. The summed E-state index contributed by atoms with van der Waals surface area (Å²) in [7, 11) is 0. The Bertz CT molecular complexity index is 376. The summed E-state index contributed by atoms with van der Waals surface area (Å²) in [6.07, 6.45) is 21.9. The normalized spacial score (nSPS) is 15.0. The monoisotopic (exact) mass is 350 g/mol. The fourth-order valence-corrected chi connectivity index (χ4v) is 3.48. The minimum atomic E-state index is 0.510. The smallest absolute Gasteiger partial charge is 0.108 e. The number of allylic oxidation sites excluding steroid dienone is 1. The molecule has 1 aliphatic heterocycles. The van der Waals surface area contributed by atoms with Crippen LogP contribution in [-0.4, -0.2) is 28.9 Å². The maximum Gasteiger partial charge on any atom is 0.108 e. The summed E-state index contributed by atoms with van der Waals surface area (Å²) in [5.74, 6) is 1.53. The van der Waals surface area contributed by atoms with Crippen LogP contribution in [-0.2, 0) is 0 Å². The van der Waals surface area contributed by atoms with Crippen molar-refractivity contribution in [3.63, 3.8) is 0 Å². The van der Waals surface area contributed by atoms with Crippen molar-refractivity contribution in [2.75, 3.05) is 13.1 Å². The van der Waals surface area contributed by atoms with E-state index in [1.165, 1.54) is 83.5 Å². The van der Waals surface area contributed by atoms with Gasteiger partial charge in [-0.15, -0.1) is 0 Å². The maximum absolute atomic E-state index is 9.98. The Kier molecular flexibility index (Phi) is 13.5. The van der Waals surface area contributed by atoms with E-state index in [9.17, 15) is 5.11 Å². The van der Waals surface area contributed by atoms with Crippen molar-refractivity contribution in [1.29, 1.82) is 0 Å². The number of rotatable bonds is 16. The third-order valence-electron chi connectivity index (χ3n) is 5.19. The van der Waals surface area contributed by atoms with Crippen molar-refractivity contribution in [3.05, 3.63) is 12.0 Å². The second-order valence-corrected chi connectivity index (χ2v) is 7.59. The Labute approximate surface area is 156 Å². The molecule has 1 aliphatic rings. The molecule has 0 radical (unpaired) electrons. The van der Waals surface area contributed by atoms with E-state index in [1.54, 1.807) is 0 Å². The summed E-state index contributed by atoms with van der Waals surface area (Å²) in [6.45, 7) is 6.05. The summed E-state index contributed by atoms with van der Waals surface area (Å²) in [5, 5.41) is 9.98.